The summed E-state index contributed by atoms with van der Waals surface area (Å²) in [5, 5.41) is 10.3. The number of carbonyl (C=O) groups is 1. The largest absolute Gasteiger partial charge is 0.330 e. The Kier molecular flexibility index (Phi) is 4.08. The molecule has 0 radical (unpaired) electrons. The predicted octanol–water partition coefficient (Wildman–Crippen LogP) is 2.35. The van der Waals surface area contributed by atoms with Gasteiger partial charge in [-0.3, -0.25) is 14.9 Å². The summed E-state index contributed by atoms with van der Waals surface area (Å²) in [6.07, 6.45) is 7.21. The molecule has 138 valence electrons. The van der Waals surface area contributed by atoms with Crippen molar-refractivity contribution in [3.63, 3.8) is 0 Å². The summed E-state index contributed by atoms with van der Waals surface area (Å²) in [5.74, 6) is -0.0512. The van der Waals surface area contributed by atoms with Gasteiger partial charge in [0.05, 0.1) is 29.8 Å². The van der Waals surface area contributed by atoms with Crippen LogP contribution in [0.4, 0.5) is 10.2 Å². The lowest BCUT2D eigenvalue weighted by Crippen LogP contribution is -2.12. The lowest BCUT2D eigenvalue weighted by molar-refractivity contribution is -0.105. The number of imidazole rings is 1. The molecule has 1 atom stereocenters. The number of aromatic amines is 1. The molecule has 8 nitrogen and oxygen atoms in total. The summed E-state index contributed by atoms with van der Waals surface area (Å²) in [6, 6.07) is 0. The number of anilines is 1. The predicted molar refractivity (Wildman–Crippen MR) is 99.9 cm³/mol. The maximum Gasteiger partial charge on any atom is 0.212 e. The van der Waals surface area contributed by atoms with Crippen LogP contribution in [0.25, 0.3) is 27.8 Å². The van der Waals surface area contributed by atoms with Crippen molar-refractivity contribution >= 4 is 28.8 Å². The maximum absolute atomic E-state index is 15.2. The van der Waals surface area contributed by atoms with Gasteiger partial charge in [-0.2, -0.15) is 5.10 Å². The van der Waals surface area contributed by atoms with Crippen molar-refractivity contribution in [2.75, 3.05) is 11.9 Å². The van der Waals surface area contributed by atoms with Crippen molar-refractivity contribution in [3.8, 4) is 11.3 Å². The molecule has 27 heavy (non-hydrogen) atoms. The molecule has 3 aromatic heterocycles. The second-order valence-electron chi connectivity index (χ2n) is 6.45. The fraction of sp³-hybridized carbons (Fsp3) is 0.222. The van der Waals surface area contributed by atoms with Crippen LogP contribution in [0.15, 0.2) is 24.8 Å². The Morgan fingerprint density at radius 3 is 2.96 bits per heavy atom. The second-order valence-corrected chi connectivity index (χ2v) is 6.45. The van der Waals surface area contributed by atoms with Crippen molar-refractivity contribution in [2.24, 2.45) is 5.73 Å². The van der Waals surface area contributed by atoms with Crippen molar-refractivity contribution < 1.29 is 9.18 Å². The third-order valence-electron chi connectivity index (χ3n) is 4.77. The molecule has 1 unspecified atom stereocenters. The Balaban J connectivity index is 1.96. The molecule has 1 aromatic carbocycles. The first-order valence-electron chi connectivity index (χ1n) is 8.45. The van der Waals surface area contributed by atoms with Crippen LogP contribution in [0, 0.1) is 12.7 Å². The molecule has 4 rings (SSSR count). The Morgan fingerprint density at radius 2 is 2.22 bits per heavy atom. The zero-order valence-electron chi connectivity index (χ0n) is 14.8. The fourth-order valence-electron chi connectivity index (χ4n) is 3.37. The minimum absolute atomic E-state index is 0.151. The van der Waals surface area contributed by atoms with Gasteiger partial charge < -0.3 is 15.5 Å². The number of amides is 1. The summed E-state index contributed by atoms with van der Waals surface area (Å²) in [7, 11) is 0. The van der Waals surface area contributed by atoms with E-state index in [0.29, 0.717) is 52.3 Å². The Labute approximate surface area is 153 Å². The maximum atomic E-state index is 15.2. The number of hydrogen-bond acceptors (Lipinski definition) is 5. The first kappa shape index (κ1) is 17.1. The highest BCUT2D eigenvalue weighted by Crippen LogP contribution is 2.37. The van der Waals surface area contributed by atoms with Gasteiger partial charge in [-0.25, -0.2) is 9.37 Å². The molecule has 4 N–H and O–H groups in total. The molecule has 0 fully saturated rings. The van der Waals surface area contributed by atoms with Crippen molar-refractivity contribution in [1.29, 1.82) is 0 Å². The number of benzene rings is 1. The van der Waals surface area contributed by atoms with Crippen LogP contribution in [0.5, 0.6) is 0 Å². The number of fused-ring (bicyclic) bond motifs is 2. The molecule has 9 heteroatoms. The van der Waals surface area contributed by atoms with Crippen LogP contribution in [-0.4, -0.2) is 37.5 Å². The number of nitrogens with one attached hydrogen (secondary N) is 2. The highest BCUT2D eigenvalue weighted by molar-refractivity contribution is 5.97. The van der Waals surface area contributed by atoms with Crippen LogP contribution >= 0.6 is 0 Å². The van der Waals surface area contributed by atoms with E-state index in [2.05, 4.69) is 25.5 Å². The highest BCUT2D eigenvalue weighted by atomic mass is 19.1. The van der Waals surface area contributed by atoms with Gasteiger partial charge in [0.15, 0.2) is 11.5 Å². The average Bonchev–Trinajstić information content (AvgIpc) is 3.28. The number of hydrogen-bond donors (Lipinski definition) is 3. The Hall–Kier alpha value is -3.33. The first-order chi connectivity index (χ1) is 13.0. The zero-order valence-corrected chi connectivity index (χ0v) is 14.8. The van der Waals surface area contributed by atoms with E-state index in [9.17, 15) is 4.79 Å². The number of rotatable bonds is 5. The number of carbonyl (C=O) groups excluding carboxylic acids is 1. The van der Waals surface area contributed by atoms with E-state index in [0.717, 1.165) is 5.39 Å². The van der Waals surface area contributed by atoms with E-state index in [-0.39, 0.29) is 11.7 Å². The standard InChI is InChI=1S/C18H18FN7O/c1-9(3-20)15-17(19)10(2)16(11-4-23-25-18(11)15)12-6-26-7-13(22-8-27)24-14(26)5-21-12/h4-9H,3,20H2,1-2H3,(H,22,27)(H,23,25). The number of H-pyrrole nitrogens is 1. The fourth-order valence-corrected chi connectivity index (χ4v) is 3.37. The average molecular weight is 367 g/mol. The summed E-state index contributed by atoms with van der Waals surface area (Å²) in [5.41, 5.74) is 9.21. The molecule has 0 aliphatic rings. The lowest BCUT2D eigenvalue weighted by atomic mass is 9.91. The molecule has 1 amide bonds. The zero-order chi connectivity index (χ0) is 19.1. The number of nitrogens with two attached hydrogens (primary N) is 1. The van der Waals surface area contributed by atoms with E-state index in [1.54, 1.807) is 36.1 Å². The van der Waals surface area contributed by atoms with Crippen molar-refractivity contribution in [2.45, 2.75) is 19.8 Å². The molecule has 0 saturated carbocycles. The van der Waals surface area contributed by atoms with Gasteiger partial charge in [0.25, 0.3) is 0 Å². The van der Waals surface area contributed by atoms with Gasteiger partial charge in [-0.1, -0.05) is 6.92 Å². The molecule has 4 aromatic rings. The topological polar surface area (TPSA) is 114 Å². The van der Waals surface area contributed by atoms with E-state index in [1.807, 2.05) is 6.92 Å². The van der Waals surface area contributed by atoms with Crippen LogP contribution in [0.3, 0.4) is 0 Å². The number of halogens is 1. The van der Waals surface area contributed by atoms with Gasteiger partial charge in [0.2, 0.25) is 6.41 Å². The summed E-state index contributed by atoms with van der Waals surface area (Å²) < 4.78 is 16.9. The molecule has 0 aliphatic carbocycles. The summed E-state index contributed by atoms with van der Waals surface area (Å²) in [4.78, 5) is 19.3. The highest BCUT2D eigenvalue weighted by Gasteiger charge is 2.23. The van der Waals surface area contributed by atoms with E-state index in [1.165, 1.54) is 0 Å². The van der Waals surface area contributed by atoms with Crippen LogP contribution < -0.4 is 11.1 Å². The van der Waals surface area contributed by atoms with Gasteiger partial charge in [0, 0.05) is 22.7 Å². The number of aromatic nitrogens is 5. The quantitative estimate of drug-likeness (QED) is 0.469. The molecular weight excluding hydrogens is 349 g/mol. The molecule has 0 aliphatic heterocycles. The van der Waals surface area contributed by atoms with Crippen LogP contribution in [-0.2, 0) is 4.79 Å². The smallest absolute Gasteiger partial charge is 0.212 e. The van der Waals surface area contributed by atoms with Gasteiger partial charge in [-0.05, 0) is 24.9 Å². The van der Waals surface area contributed by atoms with Crippen molar-refractivity contribution in [1.82, 2.24) is 24.6 Å². The van der Waals surface area contributed by atoms with E-state index >= 15 is 4.39 Å². The van der Waals surface area contributed by atoms with Gasteiger partial charge in [0.1, 0.15) is 5.82 Å². The summed E-state index contributed by atoms with van der Waals surface area (Å²) in [6.45, 7) is 3.94. The molecule has 3 heterocycles. The normalized spacial score (nSPS) is 12.6. The van der Waals surface area contributed by atoms with Crippen LogP contribution in [0.2, 0.25) is 0 Å². The monoisotopic (exact) mass is 367 g/mol. The van der Waals surface area contributed by atoms with Crippen LogP contribution in [0.1, 0.15) is 24.0 Å². The number of nitrogens with zero attached hydrogens (tertiary/aromatic N) is 4. The van der Waals surface area contributed by atoms with Gasteiger partial charge >= 0.3 is 0 Å². The Bertz CT molecular complexity index is 1160. The molecule has 0 saturated heterocycles. The third-order valence-corrected chi connectivity index (χ3v) is 4.77. The lowest BCUT2D eigenvalue weighted by Gasteiger charge is -2.17. The minimum Gasteiger partial charge on any atom is -0.330 e. The Morgan fingerprint density at radius 1 is 1.41 bits per heavy atom. The molecule has 0 bridgehead atoms. The van der Waals surface area contributed by atoms with E-state index in [4.69, 9.17) is 5.73 Å². The molecular formula is C18H18FN7O. The van der Waals surface area contributed by atoms with Gasteiger partial charge in [-0.15, -0.1) is 0 Å². The molecule has 0 spiro atoms. The van der Waals surface area contributed by atoms with Crippen molar-refractivity contribution in [3.05, 3.63) is 41.7 Å². The second kappa shape index (κ2) is 6.44. The minimum atomic E-state index is -0.310. The third kappa shape index (κ3) is 2.63. The summed E-state index contributed by atoms with van der Waals surface area (Å²) >= 11 is 0. The SMILES string of the molecule is Cc1c(F)c(C(C)CN)c2[nH]ncc2c1-c1cn2cc(NC=O)nc2cn1. The van der Waals surface area contributed by atoms with E-state index < -0.39 is 0 Å². The first-order valence-corrected chi connectivity index (χ1v) is 8.45.